The van der Waals surface area contributed by atoms with Crippen molar-refractivity contribution in [3.05, 3.63) is 53.4 Å². The molecule has 1 atom stereocenters. The van der Waals surface area contributed by atoms with E-state index in [1.807, 2.05) is 29.6 Å². The molecule has 27 heavy (non-hydrogen) atoms. The second kappa shape index (κ2) is 7.47. The van der Waals surface area contributed by atoms with Crippen LogP contribution in [0.25, 0.3) is 5.57 Å². The Labute approximate surface area is 156 Å². The molecule has 1 aliphatic rings. The smallest absolute Gasteiger partial charge is 0.365 e. The summed E-state index contributed by atoms with van der Waals surface area (Å²) in [6.07, 6.45) is 2.08. The minimum Gasteiger partial charge on any atom is -0.365 e. The molecular weight excluding hydrogens is 353 g/mol. The number of aryl methyl sites for hydroxylation is 1. The average molecular weight is 374 g/mol. The molecule has 0 fully saturated rings. The van der Waals surface area contributed by atoms with Gasteiger partial charge in [0, 0.05) is 31.5 Å². The first-order valence-electron chi connectivity index (χ1n) is 8.92. The van der Waals surface area contributed by atoms with Gasteiger partial charge in [0.2, 0.25) is 0 Å². The molecule has 1 unspecified atom stereocenters. The highest BCUT2D eigenvalue weighted by Gasteiger charge is 2.34. The number of benzene rings is 1. The summed E-state index contributed by atoms with van der Waals surface area (Å²) < 4.78 is 41.8. The first kappa shape index (κ1) is 19.0. The van der Waals surface area contributed by atoms with Crippen molar-refractivity contribution in [2.24, 2.45) is 7.05 Å². The fourth-order valence-electron chi connectivity index (χ4n) is 3.70. The number of hydrogen-bond donors (Lipinski definition) is 0. The van der Waals surface area contributed by atoms with Crippen LogP contribution in [0.5, 0.6) is 0 Å². The van der Waals surface area contributed by atoms with Gasteiger partial charge in [0.15, 0.2) is 0 Å². The predicted molar refractivity (Wildman–Crippen MR) is 98.0 cm³/mol. The molecule has 1 aromatic carbocycles. The standard InChI is InChI=1S/C20H21F3N4/c1-3-27(17-8-7-15(13-24)18(12-17)20(21,22)23)16-6-4-5-14(11-16)19-9-10-25-26(19)2/h7-12,16H,3-6H2,1-2H3. The van der Waals surface area contributed by atoms with Crippen molar-refractivity contribution in [3.63, 3.8) is 0 Å². The van der Waals surface area contributed by atoms with E-state index in [4.69, 9.17) is 5.26 Å². The van der Waals surface area contributed by atoms with E-state index in [0.29, 0.717) is 12.2 Å². The van der Waals surface area contributed by atoms with Gasteiger partial charge in [0.05, 0.1) is 22.9 Å². The lowest BCUT2D eigenvalue weighted by atomic mass is 9.92. The van der Waals surface area contributed by atoms with E-state index < -0.39 is 11.7 Å². The predicted octanol–water partition coefficient (Wildman–Crippen LogP) is 4.77. The molecule has 0 aliphatic heterocycles. The van der Waals surface area contributed by atoms with Crippen LogP contribution in [0.4, 0.5) is 18.9 Å². The SMILES string of the molecule is CCN(c1ccc(C#N)c(C(F)(F)F)c1)C1C=C(c2ccnn2C)CCC1. The van der Waals surface area contributed by atoms with Crippen LogP contribution in [0.3, 0.4) is 0 Å². The van der Waals surface area contributed by atoms with Crippen LogP contribution in [0.2, 0.25) is 0 Å². The minimum atomic E-state index is -4.55. The number of rotatable bonds is 4. The van der Waals surface area contributed by atoms with Crippen LogP contribution in [-0.4, -0.2) is 22.4 Å². The lowest BCUT2D eigenvalue weighted by molar-refractivity contribution is -0.137. The Bertz CT molecular complexity index is 889. The average Bonchev–Trinajstić information content (AvgIpc) is 3.08. The highest BCUT2D eigenvalue weighted by molar-refractivity contribution is 5.66. The topological polar surface area (TPSA) is 44.9 Å². The van der Waals surface area contributed by atoms with Crippen LogP contribution >= 0.6 is 0 Å². The summed E-state index contributed by atoms with van der Waals surface area (Å²) in [7, 11) is 1.88. The van der Waals surface area contributed by atoms with Crippen LogP contribution in [-0.2, 0) is 13.2 Å². The number of allylic oxidation sites excluding steroid dienone is 1. The maximum absolute atomic E-state index is 13.3. The number of aromatic nitrogens is 2. The molecule has 1 heterocycles. The maximum atomic E-state index is 13.3. The van der Waals surface area contributed by atoms with Crippen LogP contribution in [0.1, 0.15) is 43.0 Å². The monoisotopic (exact) mass is 374 g/mol. The first-order valence-corrected chi connectivity index (χ1v) is 8.92. The summed E-state index contributed by atoms with van der Waals surface area (Å²) >= 11 is 0. The highest BCUT2D eigenvalue weighted by Crippen LogP contribution is 2.36. The minimum absolute atomic E-state index is 0.00247. The lowest BCUT2D eigenvalue weighted by Crippen LogP contribution is -2.35. The molecule has 7 heteroatoms. The van der Waals surface area contributed by atoms with Gasteiger partial charge in [-0.2, -0.15) is 23.5 Å². The van der Waals surface area contributed by atoms with E-state index >= 15 is 0 Å². The number of anilines is 1. The van der Waals surface area contributed by atoms with E-state index in [9.17, 15) is 13.2 Å². The Morgan fingerprint density at radius 3 is 2.70 bits per heavy atom. The molecule has 0 spiro atoms. The summed E-state index contributed by atoms with van der Waals surface area (Å²) in [5.74, 6) is 0. The van der Waals surface area contributed by atoms with Gasteiger partial charge in [-0.1, -0.05) is 6.08 Å². The van der Waals surface area contributed by atoms with Crippen molar-refractivity contribution in [2.45, 2.75) is 38.4 Å². The van der Waals surface area contributed by atoms with E-state index in [1.165, 1.54) is 6.07 Å². The Hall–Kier alpha value is -2.75. The van der Waals surface area contributed by atoms with Gasteiger partial charge in [0.25, 0.3) is 0 Å². The molecule has 0 saturated carbocycles. The maximum Gasteiger partial charge on any atom is 0.417 e. The van der Waals surface area contributed by atoms with Gasteiger partial charge in [-0.3, -0.25) is 4.68 Å². The fourth-order valence-corrected chi connectivity index (χ4v) is 3.70. The normalized spacial score (nSPS) is 17.3. The Balaban J connectivity index is 1.98. The van der Waals surface area contributed by atoms with Crippen molar-refractivity contribution in [1.82, 2.24) is 9.78 Å². The Morgan fingerprint density at radius 1 is 1.33 bits per heavy atom. The second-order valence-corrected chi connectivity index (χ2v) is 6.62. The van der Waals surface area contributed by atoms with Gasteiger partial charge >= 0.3 is 6.18 Å². The van der Waals surface area contributed by atoms with Gasteiger partial charge < -0.3 is 4.90 Å². The molecule has 3 rings (SSSR count). The molecule has 1 aliphatic carbocycles. The molecule has 0 bridgehead atoms. The molecular formula is C20H21F3N4. The molecule has 2 aromatic rings. The lowest BCUT2D eigenvalue weighted by Gasteiger charge is -2.34. The molecule has 1 aromatic heterocycles. The number of alkyl halides is 3. The highest BCUT2D eigenvalue weighted by atomic mass is 19.4. The van der Waals surface area contributed by atoms with Crippen molar-refractivity contribution >= 4 is 11.3 Å². The van der Waals surface area contributed by atoms with Crippen LogP contribution < -0.4 is 4.90 Å². The number of hydrogen-bond acceptors (Lipinski definition) is 3. The molecule has 4 nitrogen and oxygen atoms in total. The number of halogens is 3. The van der Waals surface area contributed by atoms with E-state index in [0.717, 1.165) is 36.6 Å². The summed E-state index contributed by atoms with van der Waals surface area (Å²) in [6, 6.07) is 7.54. The summed E-state index contributed by atoms with van der Waals surface area (Å²) in [4.78, 5) is 1.96. The number of nitrogens with zero attached hydrogens (tertiary/aromatic N) is 4. The van der Waals surface area contributed by atoms with E-state index in [1.54, 1.807) is 18.3 Å². The van der Waals surface area contributed by atoms with Gasteiger partial charge in [-0.15, -0.1) is 0 Å². The Kier molecular flexibility index (Phi) is 5.26. The molecule has 0 saturated heterocycles. The number of nitriles is 1. The van der Waals surface area contributed by atoms with E-state index in [2.05, 4.69) is 11.2 Å². The first-order chi connectivity index (χ1) is 12.8. The van der Waals surface area contributed by atoms with Gasteiger partial charge in [-0.05, 0) is 56.0 Å². The third kappa shape index (κ3) is 3.85. The summed E-state index contributed by atoms with van der Waals surface area (Å²) in [5, 5.41) is 13.2. The van der Waals surface area contributed by atoms with Crippen molar-refractivity contribution in [3.8, 4) is 6.07 Å². The van der Waals surface area contributed by atoms with Crippen LogP contribution in [0, 0.1) is 11.3 Å². The summed E-state index contributed by atoms with van der Waals surface area (Å²) in [6.45, 7) is 2.50. The quantitative estimate of drug-likeness (QED) is 0.774. The zero-order valence-electron chi connectivity index (χ0n) is 15.3. The zero-order valence-corrected chi connectivity index (χ0v) is 15.3. The third-order valence-electron chi connectivity index (χ3n) is 4.99. The van der Waals surface area contributed by atoms with Crippen molar-refractivity contribution in [2.75, 3.05) is 11.4 Å². The Morgan fingerprint density at radius 2 is 2.11 bits per heavy atom. The van der Waals surface area contributed by atoms with Gasteiger partial charge in [-0.25, -0.2) is 0 Å². The fraction of sp³-hybridized carbons (Fsp3) is 0.400. The zero-order chi connectivity index (χ0) is 19.6. The van der Waals surface area contributed by atoms with Gasteiger partial charge in [0.1, 0.15) is 0 Å². The molecule has 0 radical (unpaired) electrons. The molecule has 0 amide bonds. The van der Waals surface area contributed by atoms with Crippen molar-refractivity contribution in [1.29, 1.82) is 5.26 Å². The summed E-state index contributed by atoms with van der Waals surface area (Å²) in [5.41, 5.74) is 1.45. The third-order valence-corrected chi connectivity index (χ3v) is 4.99. The molecule has 0 N–H and O–H groups in total. The molecule has 142 valence electrons. The second-order valence-electron chi connectivity index (χ2n) is 6.62. The van der Waals surface area contributed by atoms with E-state index in [-0.39, 0.29) is 11.6 Å². The van der Waals surface area contributed by atoms with Crippen molar-refractivity contribution < 1.29 is 13.2 Å². The van der Waals surface area contributed by atoms with Crippen LogP contribution in [0.15, 0.2) is 36.5 Å². The largest absolute Gasteiger partial charge is 0.417 e. The number of likely N-dealkylation sites (N-methyl/N-ethyl adjacent to an activating group) is 1.